The number of thiophene rings is 1. The van der Waals surface area contributed by atoms with Crippen LogP contribution in [0.5, 0.6) is 0 Å². The first-order valence-electron chi connectivity index (χ1n) is 5.72. The number of aromatic carboxylic acids is 1. The highest BCUT2D eigenvalue weighted by Crippen LogP contribution is 2.16. The fourth-order valence-electron chi connectivity index (χ4n) is 1.75. The molecule has 0 bridgehead atoms. The molecule has 2 N–H and O–H groups in total. The van der Waals surface area contributed by atoms with Crippen molar-refractivity contribution in [1.82, 2.24) is 5.32 Å². The largest absolute Gasteiger partial charge is 0.477 e. The Hall–Kier alpha value is -1.59. The van der Waals surface area contributed by atoms with Crippen LogP contribution in [0.25, 0.3) is 0 Å². The molecule has 0 aliphatic rings. The van der Waals surface area contributed by atoms with Crippen LogP contribution in [-0.2, 0) is 13.0 Å². The van der Waals surface area contributed by atoms with Crippen LogP contribution in [0.15, 0.2) is 34.3 Å². The molecule has 0 amide bonds. The molecule has 4 nitrogen and oxygen atoms in total. The van der Waals surface area contributed by atoms with E-state index in [-0.39, 0.29) is 6.04 Å². The summed E-state index contributed by atoms with van der Waals surface area (Å²) in [5, 5.41) is 14.1. The molecule has 0 aromatic carbocycles. The Morgan fingerprint density at radius 3 is 3.06 bits per heavy atom. The molecule has 2 rings (SSSR count). The van der Waals surface area contributed by atoms with E-state index in [4.69, 9.17) is 9.52 Å². The summed E-state index contributed by atoms with van der Waals surface area (Å²) < 4.78 is 5.27. The van der Waals surface area contributed by atoms with Gasteiger partial charge in [0.2, 0.25) is 0 Å². The first-order chi connectivity index (χ1) is 8.66. The molecular formula is C13H15NO3S. The minimum atomic E-state index is -0.861. The number of hydrogen-bond donors (Lipinski definition) is 2. The first-order valence-corrected chi connectivity index (χ1v) is 6.60. The molecule has 0 radical (unpaired) electrons. The highest BCUT2D eigenvalue weighted by atomic mass is 32.1. The van der Waals surface area contributed by atoms with Crippen LogP contribution >= 0.6 is 11.3 Å². The van der Waals surface area contributed by atoms with E-state index in [0.29, 0.717) is 11.4 Å². The second kappa shape index (κ2) is 5.84. The average molecular weight is 265 g/mol. The number of carbonyl (C=O) groups is 1. The van der Waals surface area contributed by atoms with Gasteiger partial charge in [0.05, 0.1) is 6.26 Å². The third-order valence-electron chi connectivity index (χ3n) is 2.67. The summed E-state index contributed by atoms with van der Waals surface area (Å²) in [7, 11) is 0. The van der Waals surface area contributed by atoms with E-state index in [1.54, 1.807) is 11.6 Å². The van der Waals surface area contributed by atoms with Gasteiger partial charge in [-0.05, 0) is 36.1 Å². The van der Waals surface area contributed by atoms with Crippen molar-refractivity contribution in [3.05, 3.63) is 46.0 Å². The summed E-state index contributed by atoms with van der Waals surface area (Å²) in [6.45, 7) is 2.61. The molecule has 1 atom stereocenters. The monoisotopic (exact) mass is 265 g/mol. The zero-order valence-corrected chi connectivity index (χ0v) is 10.9. The second-order valence-electron chi connectivity index (χ2n) is 4.15. The van der Waals surface area contributed by atoms with Crippen molar-refractivity contribution in [2.75, 3.05) is 0 Å². The molecule has 5 heteroatoms. The van der Waals surface area contributed by atoms with Gasteiger partial charge in [0.15, 0.2) is 0 Å². The van der Waals surface area contributed by atoms with Crippen LogP contribution in [0.1, 0.15) is 27.9 Å². The van der Waals surface area contributed by atoms with E-state index in [0.717, 1.165) is 17.7 Å². The lowest BCUT2D eigenvalue weighted by Gasteiger charge is -2.12. The van der Waals surface area contributed by atoms with Gasteiger partial charge in [0.25, 0.3) is 0 Å². The third kappa shape index (κ3) is 3.21. The highest BCUT2D eigenvalue weighted by Gasteiger charge is 2.12. The van der Waals surface area contributed by atoms with Crippen molar-refractivity contribution in [2.45, 2.75) is 25.9 Å². The lowest BCUT2D eigenvalue weighted by atomic mass is 10.2. The number of rotatable bonds is 6. The topological polar surface area (TPSA) is 62.5 Å². The minimum absolute atomic E-state index is 0.234. The Morgan fingerprint density at radius 2 is 2.39 bits per heavy atom. The third-order valence-corrected chi connectivity index (χ3v) is 3.61. The van der Waals surface area contributed by atoms with E-state index >= 15 is 0 Å². The molecule has 2 aromatic rings. The van der Waals surface area contributed by atoms with Crippen molar-refractivity contribution < 1.29 is 14.3 Å². The summed E-state index contributed by atoms with van der Waals surface area (Å²) in [5.74, 6) is 0.0688. The van der Waals surface area contributed by atoms with Gasteiger partial charge in [-0.2, -0.15) is 0 Å². The van der Waals surface area contributed by atoms with E-state index in [2.05, 4.69) is 12.2 Å². The summed E-state index contributed by atoms with van der Waals surface area (Å²) in [6.07, 6.45) is 2.45. The van der Waals surface area contributed by atoms with Gasteiger partial charge in [0, 0.05) is 19.0 Å². The quantitative estimate of drug-likeness (QED) is 0.843. The zero-order valence-electron chi connectivity index (χ0n) is 10.1. The lowest BCUT2D eigenvalue weighted by molar-refractivity contribution is 0.0701. The predicted molar refractivity (Wildman–Crippen MR) is 70.0 cm³/mol. The van der Waals surface area contributed by atoms with Crippen LogP contribution in [-0.4, -0.2) is 17.1 Å². The maximum atomic E-state index is 11.0. The summed E-state index contributed by atoms with van der Waals surface area (Å²) in [5.41, 5.74) is 0.832. The van der Waals surface area contributed by atoms with E-state index in [1.165, 1.54) is 11.3 Å². The van der Waals surface area contributed by atoms with Gasteiger partial charge in [-0.25, -0.2) is 4.79 Å². The van der Waals surface area contributed by atoms with Crippen molar-refractivity contribution >= 4 is 17.3 Å². The summed E-state index contributed by atoms with van der Waals surface area (Å²) >= 11 is 1.26. The summed E-state index contributed by atoms with van der Waals surface area (Å²) in [4.78, 5) is 11.4. The Bertz CT molecular complexity index is 504. The molecule has 1 unspecified atom stereocenters. The number of hydrogen-bond acceptors (Lipinski definition) is 4. The number of carboxylic acid groups (broad SMARTS) is 1. The maximum absolute atomic E-state index is 11.0. The van der Waals surface area contributed by atoms with Gasteiger partial charge in [-0.3, -0.25) is 0 Å². The Kier molecular flexibility index (Phi) is 4.17. The van der Waals surface area contributed by atoms with Gasteiger partial charge >= 0.3 is 5.97 Å². The Balaban J connectivity index is 1.87. The second-order valence-corrected chi connectivity index (χ2v) is 5.06. The normalized spacial score (nSPS) is 12.5. The molecule has 18 heavy (non-hydrogen) atoms. The molecule has 2 heterocycles. The number of nitrogens with one attached hydrogen (secondary N) is 1. The molecule has 0 fully saturated rings. The van der Waals surface area contributed by atoms with Gasteiger partial charge < -0.3 is 14.8 Å². The lowest BCUT2D eigenvalue weighted by Crippen LogP contribution is -2.27. The van der Waals surface area contributed by atoms with Crippen LogP contribution < -0.4 is 5.32 Å². The van der Waals surface area contributed by atoms with Gasteiger partial charge in [-0.15, -0.1) is 11.3 Å². The fourth-order valence-corrected chi connectivity index (χ4v) is 2.51. The van der Waals surface area contributed by atoms with Crippen molar-refractivity contribution in [1.29, 1.82) is 0 Å². The average Bonchev–Trinajstić information content (AvgIpc) is 2.96. The smallest absolute Gasteiger partial charge is 0.346 e. The van der Waals surface area contributed by atoms with Crippen LogP contribution in [0.4, 0.5) is 0 Å². The fraction of sp³-hybridized carbons (Fsp3) is 0.308. The molecule has 0 aliphatic carbocycles. The van der Waals surface area contributed by atoms with E-state index < -0.39 is 5.97 Å². The van der Waals surface area contributed by atoms with Crippen molar-refractivity contribution in [3.63, 3.8) is 0 Å². The molecule has 0 aliphatic heterocycles. The SMILES string of the molecule is CC(Cc1ccco1)NCc1ccsc1C(=O)O. The molecule has 0 spiro atoms. The van der Waals surface area contributed by atoms with Gasteiger partial charge in [0.1, 0.15) is 10.6 Å². The molecule has 0 saturated heterocycles. The highest BCUT2D eigenvalue weighted by molar-refractivity contribution is 7.12. The predicted octanol–water partition coefficient (Wildman–Crippen LogP) is 2.76. The Morgan fingerprint density at radius 1 is 1.56 bits per heavy atom. The zero-order chi connectivity index (χ0) is 13.0. The molecule has 0 saturated carbocycles. The van der Waals surface area contributed by atoms with Crippen LogP contribution in [0.3, 0.4) is 0 Å². The number of furan rings is 1. The van der Waals surface area contributed by atoms with E-state index in [9.17, 15) is 4.79 Å². The molecule has 96 valence electrons. The van der Waals surface area contributed by atoms with Crippen molar-refractivity contribution in [2.24, 2.45) is 0 Å². The number of carboxylic acids is 1. The van der Waals surface area contributed by atoms with Crippen molar-refractivity contribution in [3.8, 4) is 0 Å². The minimum Gasteiger partial charge on any atom is -0.477 e. The molecule has 2 aromatic heterocycles. The maximum Gasteiger partial charge on any atom is 0.346 e. The summed E-state index contributed by atoms with van der Waals surface area (Å²) in [6, 6.07) is 5.88. The Labute approximate surface area is 109 Å². The van der Waals surface area contributed by atoms with E-state index in [1.807, 2.05) is 18.2 Å². The standard InChI is InChI=1S/C13H15NO3S/c1-9(7-11-3-2-5-17-11)14-8-10-4-6-18-12(10)13(15)16/h2-6,9,14H,7-8H2,1H3,(H,15,16). The van der Waals surface area contributed by atoms with Crippen LogP contribution in [0, 0.1) is 0 Å². The van der Waals surface area contributed by atoms with Crippen LogP contribution in [0.2, 0.25) is 0 Å². The van der Waals surface area contributed by atoms with Gasteiger partial charge in [-0.1, -0.05) is 0 Å². The first kappa shape index (κ1) is 12.9. The molecular weight excluding hydrogens is 250 g/mol.